The molecule has 0 unspecified atom stereocenters. The van der Waals surface area contributed by atoms with Crippen LogP contribution in [-0.4, -0.2) is 40.0 Å². The molecule has 30 heavy (non-hydrogen) atoms. The summed E-state index contributed by atoms with van der Waals surface area (Å²) in [5.41, 5.74) is 2.88. The third-order valence-electron chi connectivity index (χ3n) is 4.70. The number of nitrogens with one attached hydrogen (secondary N) is 2. The average Bonchev–Trinajstić information content (AvgIpc) is 3.25. The number of aryl methyl sites for hydroxylation is 1. The number of nitrogens with zero attached hydrogens (tertiary/aromatic N) is 1. The molecule has 4 rings (SSSR count). The summed E-state index contributed by atoms with van der Waals surface area (Å²) in [7, 11) is 0. The predicted octanol–water partition coefficient (Wildman–Crippen LogP) is 4.08. The maximum Gasteiger partial charge on any atom is 0.293 e. The lowest BCUT2D eigenvalue weighted by molar-refractivity contribution is -0.122. The minimum Gasteiger partial charge on any atom is -0.351 e. The first-order valence-corrected chi connectivity index (χ1v) is 10.1. The van der Waals surface area contributed by atoms with Gasteiger partial charge in [0.1, 0.15) is 11.5 Å². The van der Waals surface area contributed by atoms with E-state index >= 15 is 0 Å². The molecule has 1 aromatic heterocycles. The Balaban J connectivity index is 1.37. The lowest BCUT2D eigenvalue weighted by Crippen LogP contribution is -2.37. The highest BCUT2D eigenvalue weighted by atomic mass is 32.2. The highest BCUT2D eigenvalue weighted by Crippen LogP contribution is 2.31. The molecule has 0 spiro atoms. The molecule has 3 aromatic rings. The molecule has 1 saturated heterocycles. The Labute approximate surface area is 176 Å². The van der Waals surface area contributed by atoms with E-state index in [1.54, 1.807) is 18.2 Å². The van der Waals surface area contributed by atoms with Gasteiger partial charge in [-0.2, -0.15) is 0 Å². The molecule has 0 aliphatic carbocycles. The quantitative estimate of drug-likeness (QED) is 0.606. The Morgan fingerprint density at radius 2 is 1.93 bits per heavy atom. The number of hydrogen-bond acceptors (Lipinski definition) is 4. The maximum absolute atomic E-state index is 13.3. The largest absolute Gasteiger partial charge is 0.351 e. The Kier molecular flexibility index (Phi) is 5.41. The van der Waals surface area contributed by atoms with Gasteiger partial charge in [-0.05, 0) is 54.6 Å². The van der Waals surface area contributed by atoms with Crippen LogP contribution in [0.5, 0.6) is 0 Å². The van der Waals surface area contributed by atoms with Gasteiger partial charge in [-0.25, -0.2) is 4.39 Å². The summed E-state index contributed by atoms with van der Waals surface area (Å²) < 4.78 is 13.3. The number of hydrogen-bond donors (Lipinski definition) is 2. The summed E-state index contributed by atoms with van der Waals surface area (Å²) in [5, 5.41) is 2.90. The first-order chi connectivity index (χ1) is 14.4. The monoisotopic (exact) mass is 423 g/mol. The van der Waals surface area contributed by atoms with Crippen molar-refractivity contribution in [3.63, 3.8) is 0 Å². The number of halogens is 1. The molecule has 0 atom stereocenters. The first-order valence-electron chi connectivity index (χ1n) is 9.29. The lowest BCUT2D eigenvalue weighted by atomic mass is 10.1. The van der Waals surface area contributed by atoms with Gasteiger partial charge in [0.25, 0.3) is 17.1 Å². The molecule has 1 fully saturated rings. The molecule has 1 aliphatic rings. The SMILES string of the molecule is Cc1ccc(C=C2SC(=O)N(CCNC(=O)c3cc4cc(F)ccc4[nH]3)C2=O)cc1. The molecular weight excluding hydrogens is 405 g/mol. The number of fused-ring (bicyclic) bond motifs is 1. The van der Waals surface area contributed by atoms with Crippen LogP contribution in [0.15, 0.2) is 53.4 Å². The fourth-order valence-corrected chi connectivity index (χ4v) is 3.97. The predicted molar refractivity (Wildman–Crippen MR) is 114 cm³/mol. The van der Waals surface area contributed by atoms with Crippen LogP contribution >= 0.6 is 11.8 Å². The summed E-state index contributed by atoms with van der Waals surface area (Å²) in [6.45, 7) is 2.15. The lowest BCUT2D eigenvalue weighted by Gasteiger charge is -2.12. The zero-order valence-electron chi connectivity index (χ0n) is 16.1. The molecule has 8 heteroatoms. The first kappa shape index (κ1) is 19.9. The number of carbonyl (C=O) groups is 3. The number of amides is 3. The number of imide groups is 1. The van der Waals surface area contributed by atoms with E-state index in [4.69, 9.17) is 0 Å². The molecule has 3 amide bonds. The highest BCUT2D eigenvalue weighted by molar-refractivity contribution is 8.18. The van der Waals surface area contributed by atoms with Crippen molar-refractivity contribution in [3.05, 3.63) is 76.1 Å². The summed E-state index contributed by atoms with van der Waals surface area (Å²) in [5.74, 6) is -1.15. The maximum atomic E-state index is 13.3. The normalized spacial score (nSPS) is 15.4. The van der Waals surface area contributed by atoms with E-state index in [9.17, 15) is 18.8 Å². The van der Waals surface area contributed by atoms with Crippen LogP contribution in [0.2, 0.25) is 0 Å². The molecule has 2 aromatic carbocycles. The number of H-pyrrole nitrogens is 1. The van der Waals surface area contributed by atoms with E-state index in [2.05, 4.69) is 10.3 Å². The van der Waals surface area contributed by atoms with E-state index in [0.29, 0.717) is 15.8 Å². The molecule has 152 valence electrons. The van der Waals surface area contributed by atoms with Crippen molar-refractivity contribution in [3.8, 4) is 0 Å². The van der Waals surface area contributed by atoms with E-state index in [1.807, 2.05) is 31.2 Å². The molecule has 6 nitrogen and oxygen atoms in total. The van der Waals surface area contributed by atoms with Crippen molar-refractivity contribution in [1.82, 2.24) is 15.2 Å². The van der Waals surface area contributed by atoms with Crippen molar-refractivity contribution >= 4 is 45.8 Å². The standard InChI is InChI=1S/C22H18FN3O3S/c1-13-2-4-14(5-3-13)10-19-21(28)26(22(29)30-19)9-8-24-20(27)18-12-15-11-16(23)6-7-17(15)25-18/h2-7,10-12,25H,8-9H2,1H3,(H,24,27). The number of rotatable bonds is 5. The fraction of sp³-hybridized carbons (Fsp3) is 0.136. The van der Waals surface area contributed by atoms with Gasteiger partial charge in [0.05, 0.1) is 4.91 Å². The van der Waals surface area contributed by atoms with Gasteiger partial charge in [-0.1, -0.05) is 29.8 Å². The van der Waals surface area contributed by atoms with Gasteiger partial charge in [0.15, 0.2) is 0 Å². The fourth-order valence-electron chi connectivity index (χ4n) is 3.11. The van der Waals surface area contributed by atoms with Crippen molar-refractivity contribution in [2.75, 3.05) is 13.1 Å². The van der Waals surface area contributed by atoms with Gasteiger partial charge in [-0.15, -0.1) is 0 Å². The molecule has 0 saturated carbocycles. The second-order valence-electron chi connectivity index (χ2n) is 6.91. The van der Waals surface area contributed by atoms with E-state index in [0.717, 1.165) is 27.8 Å². The Hall–Kier alpha value is -3.39. The minimum atomic E-state index is -0.395. The second kappa shape index (κ2) is 8.16. The average molecular weight is 423 g/mol. The number of carbonyl (C=O) groups excluding carboxylic acids is 3. The van der Waals surface area contributed by atoms with Crippen molar-refractivity contribution < 1.29 is 18.8 Å². The van der Waals surface area contributed by atoms with Crippen LogP contribution < -0.4 is 5.32 Å². The van der Waals surface area contributed by atoms with E-state index in [1.165, 1.54) is 12.1 Å². The van der Waals surface area contributed by atoms with Crippen LogP contribution in [0.25, 0.3) is 17.0 Å². The number of aromatic amines is 1. The van der Waals surface area contributed by atoms with Gasteiger partial charge in [0.2, 0.25) is 0 Å². The number of aromatic nitrogens is 1. The number of benzene rings is 2. The van der Waals surface area contributed by atoms with Gasteiger partial charge >= 0.3 is 0 Å². The van der Waals surface area contributed by atoms with Gasteiger partial charge in [0, 0.05) is 24.0 Å². The van der Waals surface area contributed by atoms with Crippen molar-refractivity contribution in [2.45, 2.75) is 6.92 Å². The molecule has 1 aliphatic heterocycles. The summed E-state index contributed by atoms with van der Waals surface area (Å²) in [6, 6.07) is 13.4. The molecule has 2 N–H and O–H groups in total. The minimum absolute atomic E-state index is 0.0660. The summed E-state index contributed by atoms with van der Waals surface area (Å²) in [6.07, 6.45) is 1.69. The van der Waals surface area contributed by atoms with E-state index in [-0.39, 0.29) is 35.7 Å². The Bertz CT molecular complexity index is 1180. The zero-order valence-corrected chi connectivity index (χ0v) is 16.9. The molecular formula is C22H18FN3O3S. The van der Waals surface area contributed by atoms with Crippen LogP contribution in [-0.2, 0) is 4.79 Å². The van der Waals surface area contributed by atoms with Crippen LogP contribution in [0.3, 0.4) is 0 Å². The summed E-state index contributed by atoms with van der Waals surface area (Å²) in [4.78, 5) is 41.5. The van der Waals surface area contributed by atoms with Gasteiger partial charge in [-0.3, -0.25) is 19.3 Å². The van der Waals surface area contributed by atoms with Crippen LogP contribution in [0, 0.1) is 12.7 Å². The molecule has 2 heterocycles. The zero-order chi connectivity index (χ0) is 21.3. The van der Waals surface area contributed by atoms with Crippen molar-refractivity contribution in [2.24, 2.45) is 0 Å². The highest BCUT2D eigenvalue weighted by Gasteiger charge is 2.34. The topological polar surface area (TPSA) is 82.3 Å². The van der Waals surface area contributed by atoms with Crippen LogP contribution in [0.1, 0.15) is 21.6 Å². The van der Waals surface area contributed by atoms with Gasteiger partial charge < -0.3 is 10.3 Å². The smallest absolute Gasteiger partial charge is 0.293 e. The molecule has 0 radical (unpaired) electrons. The van der Waals surface area contributed by atoms with E-state index < -0.39 is 5.91 Å². The third-order valence-corrected chi connectivity index (χ3v) is 5.60. The Morgan fingerprint density at radius 1 is 1.17 bits per heavy atom. The van der Waals surface area contributed by atoms with Crippen LogP contribution in [0.4, 0.5) is 9.18 Å². The van der Waals surface area contributed by atoms with Crippen molar-refractivity contribution in [1.29, 1.82) is 0 Å². The molecule has 0 bridgehead atoms. The summed E-state index contributed by atoms with van der Waals surface area (Å²) >= 11 is 0.885. The second-order valence-corrected chi connectivity index (χ2v) is 7.91. The third kappa shape index (κ3) is 4.13. The number of thioether (sulfide) groups is 1. The Morgan fingerprint density at radius 3 is 2.70 bits per heavy atom.